The van der Waals surface area contributed by atoms with E-state index in [1.165, 1.54) is 11.5 Å². The van der Waals surface area contributed by atoms with Gasteiger partial charge in [0.2, 0.25) is 4.73 Å². The van der Waals surface area contributed by atoms with E-state index < -0.39 is 0 Å². The van der Waals surface area contributed by atoms with Gasteiger partial charge in [-0.3, -0.25) is 0 Å². The van der Waals surface area contributed by atoms with E-state index >= 15 is 0 Å². The van der Waals surface area contributed by atoms with Crippen LogP contribution in [0.25, 0.3) is 10.6 Å². The van der Waals surface area contributed by atoms with Crippen LogP contribution in [0, 0.1) is 0 Å². The Balaban J connectivity index is 2.55. The maximum atomic E-state index is 5.90. The number of hydrogen-bond acceptors (Lipinski definition) is 3. The molecule has 0 saturated carbocycles. The third-order valence-electron chi connectivity index (χ3n) is 1.56. The van der Waals surface area contributed by atoms with Crippen LogP contribution >= 0.6 is 55.0 Å². The van der Waals surface area contributed by atoms with Gasteiger partial charge in [-0.15, -0.1) is 0 Å². The van der Waals surface area contributed by atoms with Gasteiger partial charge in [-0.2, -0.15) is 4.37 Å². The number of rotatable bonds is 1. The summed E-state index contributed by atoms with van der Waals surface area (Å²) in [5.74, 6) is 0. The highest BCUT2D eigenvalue weighted by Gasteiger charge is 2.08. The van der Waals surface area contributed by atoms with Crippen LogP contribution in [0.3, 0.4) is 0 Å². The first-order valence-electron chi connectivity index (χ1n) is 3.61. The van der Waals surface area contributed by atoms with E-state index in [4.69, 9.17) is 11.6 Å². The predicted octanol–water partition coefficient (Wildman–Crippen LogP) is 4.38. The van der Waals surface area contributed by atoms with E-state index in [1.807, 2.05) is 18.2 Å². The van der Waals surface area contributed by atoms with Crippen molar-refractivity contribution < 1.29 is 0 Å². The second-order valence-electron chi connectivity index (χ2n) is 2.49. The highest BCUT2D eigenvalue weighted by atomic mass is 79.9. The van der Waals surface area contributed by atoms with Crippen LogP contribution < -0.4 is 0 Å². The van der Waals surface area contributed by atoms with Crippen molar-refractivity contribution in [1.29, 1.82) is 0 Å². The Bertz CT molecular complexity index is 472. The average Bonchev–Trinajstić information content (AvgIpc) is 2.56. The van der Waals surface area contributed by atoms with Gasteiger partial charge < -0.3 is 0 Å². The van der Waals surface area contributed by atoms with Crippen molar-refractivity contribution >= 4 is 55.0 Å². The Kier molecular flexibility index (Phi) is 3.21. The van der Waals surface area contributed by atoms with Crippen LogP contribution in [0.2, 0.25) is 5.02 Å². The first-order valence-corrected chi connectivity index (χ1v) is 6.35. The number of nitrogens with zero attached hydrogens (tertiary/aromatic N) is 2. The minimum Gasteiger partial charge on any atom is -0.209 e. The zero-order chi connectivity index (χ0) is 10.1. The molecule has 0 N–H and O–H groups in total. The summed E-state index contributed by atoms with van der Waals surface area (Å²) in [6, 6.07) is 5.58. The first kappa shape index (κ1) is 10.5. The van der Waals surface area contributed by atoms with Crippen LogP contribution in [0.1, 0.15) is 0 Å². The average molecular weight is 354 g/mol. The van der Waals surface area contributed by atoms with Crippen molar-refractivity contribution in [3.8, 4) is 10.6 Å². The summed E-state index contributed by atoms with van der Waals surface area (Å²) in [6.07, 6.45) is 0. The number of aromatic nitrogens is 2. The van der Waals surface area contributed by atoms with Gasteiger partial charge in [0, 0.05) is 15.1 Å². The quantitative estimate of drug-likeness (QED) is 0.759. The van der Waals surface area contributed by atoms with Crippen molar-refractivity contribution in [3.05, 3.63) is 32.4 Å². The molecule has 0 radical (unpaired) electrons. The molecule has 0 fully saturated rings. The van der Waals surface area contributed by atoms with Crippen molar-refractivity contribution in [2.75, 3.05) is 0 Å². The number of halogens is 3. The molecule has 2 nitrogen and oxygen atoms in total. The van der Waals surface area contributed by atoms with E-state index in [0.29, 0.717) is 9.76 Å². The van der Waals surface area contributed by atoms with E-state index in [-0.39, 0.29) is 0 Å². The summed E-state index contributed by atoms with van der Waals surface area (Å²) < 4.78 is 5.61. The standard InChI is InChI=1S/C8H3Br2ClN2S/c9-6-2-1-4(11)3-5(6)7-12-8(10)13-14-7/h1-3H. The molecule has 0 unspecified atom stereocenters. The van der Waals surface area contributed by atoms with Crippen molar-refractivity contribution in [2.24, 2.45) is 0 Å². The van der Waals surface area contributed by atoms with Crippen molar-refractivity contribution in [1.82, 2.24) is 9.36 Å². The molecule has 2 aromatic rings. The highest BCUT2D eigenvalue weighted by Crippen LogP contribution is 2.32. The van der Waals surface area contributed by atoms with E-state index in [1.54, 1.807) is 0 Å². The fourth-order valence-electron chi connectivity index (χ4n) is 0.976. The lowest BCUT2D eigenvalue weighted by Crippen LogP contribution is -1.78. The zero-order valence-electron chi connectivity index (χ0n) is 6.67. The molecule has 2 rings (SSSR count). The Morgan fingerprint density at radius 1 is 1.29 bits per heavy atom. The first-order chi connectivity index (χ1) is 6.66. The second kappa shape index (κ2) is 4.26. The SMILES string of the molecule is Clc1ccc(Br)c(-c2nc(Br)ns2)c1. The Labute approximate surface area is 107 Å². The molecule has 1 aromatic carbocycles. The fourth-order valence-corrected chi connectivity index (χ4v) is 2.82. The molecule has 14 heavy (non-hydrogen) atoms. The number of benzene rings is 1. The summed E-state index contributed by atoms with van der Waals surface area (Å²) in [5, 5.41) is 1.53. The van der Waals surface area contributed by atoms with Crippen LogP contribution in [0.4, 0.5) is 0 Å². The van der Waals surface area contributed by atoms with Gasteiger partial charge in [-0.25, -0.2) is 4.98 Å². The molecule has 0 aliphatic rings. The Hall–Kier alpha value is 0.0300. The predicted molar refractivity (Wildman–Crippen MR) is 65.8 cm³/mol. The maximum Gasteiger partial charge on any atom is 0.209 e. The van der Waals surface area contributed by atoms with Gasteiger partial charge in [-0.1, -0.05) is 27.5 Å². The Morgan fingerprint density at radius 3 is 2.71 bits per heavy atom. The molecule has 1 heterocycles. The minimum absolute atomic E-state index is 0.601. The highest BCUT2D eigenvalue weighted by molar-refractivity contribution is 9.10. The van der Waals surface area contributed by atoms with Crippen LogP contribution in [0.5, 0.6) is 0 Å². The molecular weight excluding hydrogens is 351 g/mol. The number of hydrogen-bond donors (Lipinski definition) is 0. The topological polar surface area (TPSA) is 25.8 Å². The molecule has 6 heteroatoms. The Morgan fingerprint density at radius 2 is 2.07 bits per heavy atom. The largest absolute Gasteiger partial charge is 0.209 e. The van der Waals surface area contributed by atoms with Crippen LogP contribution in [-0.2, 0) is 0 Å². The maximum absolute atomic E-state index is 5.90. The van der Waals surface area contributed by atoms with E-state index in [0.717, 1.165) is 15.0 Å². The molecular formula is C8H3Br2ClN2S. The van der Waals surface area contributed by atoms with Gasteiger partial charge in [-0.05, 0) is 45.7 Å². The molecule has 0 aliphatic heterocycles. The lowest BCUT2D eigenvalue weighted by Gasteiger charge is -1.99. The normalized spacial score (nSPS) is 10.5. The van der Waals surface area contributed by atoms with E-state index in [2.05, 4.69) is 41.2 Å². The molecule has 0 bridgehead atoms. The smallest absolute Gasteiger partial charge is 0.209 e. The molecule has 0 spiro atoms. The minimum atomic E-state index is 0.601. The van der Waals surface area contributed by atoms with Crippen LogP contribution in [0.15, 0.2) is 27.4 Å². The van der Waals surface area contributed by atoms with Crippen molar-refractivity contribution in [3.63, 3.8) is 0 Å². The summed E-state index contributed by atoms with van der Waals surface area (Å²) >= 11 is 13.9. The van der Waals surface area contributed by atoms with Gasteiger partial charge in [0.05, 0.1) is 0 Å². The van der Waals surface area contributed by atoms with Gasteiger partial charge in [0.15, 0.2) is 0 Å². The molecule has 0 atom stereocenters. The fraction of sp³-hybridized carbons (Fsp3) is 0. The summed E-state index contributed by atoms with van der Waals surface area (Å²) in [5.41, 5.74) is 0.959. The lowest BCUT2D eigenvalue weighted by atomic mass is 10.2. The molecule has 0 saturated heterocycles. The van der Waals surface area contributed by atoms with Crippen LogP contribution in [-0.4, -0.2) is 9.36 Å². The van der Waals surface area contributed by atoms with Crippen molar-refractivity contribution in [2.45, 2.75) is 0 Å². The second-order valence-corrected chi connectivity index (χ2v) is 5.24. The van der Waals surface area contributed by atoms with E-state index in [9.17, 15) is 0 Å². The van der Waals surface area contributed by atoms with Gasteiger partial charge >= 0.3 is 0 Å². The molecule has 72 valence electrons. The summed E-state index contributed by atoms with van der Waals surface area (Å²) in [7, 11) is 0. The van der Waals surface area contributed by atoms with Gasteiger partial charge in [0.25, 0.3) is 0 Å². The third-order valence-corrected chi connectivity index (χ3v) is 3.82. The molecule has 0 aliphatic carbocycles. The summed E-state index contributed by atoms with van der Waals surface area (Å²) in [4.78, 5) is 4.22. The van der Waals surface area contributed by atoms with Gasteiger partial charge in [0.1, 0.15) is 5.01 Å². The molecule has 0 amide bonds. The molecule has 1 aromatic heterocycles. The third kappa shape index (κ3) is 2.16. The summed E-state index contributed by atoms with van der Waals surface area (Å²) in [6.45, 7) is 0. The monoisotopic (exact) mass is 352 g/mol. The lowest BCUT2D eigenvalue weighted by molar-refractivity contribution is 1.26. The zero-order valence-corrected chi connectivity index (χ0v) is 11.4.